The first-order chi connectivity index (χ1) is 14.8. The third kappa shape index (κ3) is 4.57. The van der Waals surface area contributed by atoms with Crippen LogP contribution in [-0.4, -0.2) is 50.1 Å². The molecule has 2 amide bonds. The predicted octanol–water partition coefficient (Wildman–Crippen LogP) is 2.27. The third-order valence-electron chi connectivity index (χ3n) is 5.83. The van der Waals surface area contributed by atoms with E-state index in [0.29, 0.717) is 54.2 Å². The van der Waals surface area contributed by atoms with E-state index in [9.17, 15) is 14.0 Å². The van der Waals surface area contributed by atoms with E-state index in [4.69, 9.17) is 0 Å². The summed E-state index contributed by atoms with van der Waals surface area (Å²) in [6.07, 6.45) is 2.15. The van der Waals surface area contributed by atoms with Crippen molar-refractivity contribution in [1.29, 1.82) is 0 Å². The monoisotopic (exact) mass is 428 g/mol. The molecule has 164 valence electrons. The number of aryl methyl sites for hydroxylation is 2. The van der Waals surface area contributed by atoms with Gasteiger partial charge in [-0.3, -0.25) is 9.59 Å². The SMILES string of the molecule is Cc1nonc1CNC(=O)C1(C)CCCN(C(=O)CCc2nc3ccc(F)cc3[nH]2)C1. The molecule has 31 heavy (non-hydrogen) atoms. The quantitative estimate of drug-likeness (QED) is 0.622. The highest BCUT2D eigenvalue weighted by molar-refractivity contribution is 5.84. The number of carbonyl (C=O) groups excluding carboxylic acids is 2. The molecule has 1 aliphatic heterocycles. The number of piperidine rings is 1. The summed E-state index contributed by atoms with van der Waals surface area (Å²) in [5, 5.41) is 10.4. The first-order valence-corrected chi connectivity index (χ1v) is 10.3. The van der Waals surface area contributed by atoms with E-state index in [0.717, 1.165) is 6.42 Å². The standard InChI is InChI=1S/C21H25FN6O3/c1-13-17(27-31-26-13)11-23-20(30)21(2)8-3-9-28(12-21)19(29)7-6-18-24-15-5-4-14(22)10-16(15)25-18/h4-5,10H,3,6-9,11-12H2,1-2H3,(H,23,30)(H,24,25). The topological polar surface area (TPSA) is 117 Å². The first-order valence-electron chi connectivity index (χ1n) is 10.3. The zero-order chi connectivity index (χ0) is 22.0. The van der Waals surface area contributed by atoms with Crippen molar-refractivity contribution in [1.82, 2.24) is 30.5 Å². The van der Waals surface area contributed by atoms with E-state index in [2.05, 4.69) is 30.2 Å². The number of H-pyrrole nitrogens is 1. The number of hydrogen-bond acceptors (Lipinski definition) is 6. The Bertz CT molecular complexity index is 1110. The average Bonchev–Trinajstić information content (AvgIpc) is 3.35. The van der Waals surface area contributed by atoms with Gasteiger partial charge >= 0.3 is 0 Å². The second-order valence-electron chi connectivity index (χ2n) is 8.30. The van der Waals surface area contributed by atoms with E-state index in [1.807, 2.05) is 6.92 Å². The molecule has 0 spiro atoms. The fraction of sp³-hybridized carbons (Fsp3) is 0.476. The molecular formula is C21H25FN6O3. The Balaban J connectivity index is 1.33. The van der Waals surface area contributed by atoms with Crippen molar-refractivity contribution >= 4 is 22.8 Å². The van der Waals surface area contributed by atoms with Crippen LogP contribution in [-0.2, 0) is 22.6 Å². The number of fused-ring (bicyclic) bond motifs is 1. The van der Waals surface area contributed by atoms with E-state index in [1.165, 1.54) is 12.1 Å². The first kappa shape index (κ1) is 21.0. The molecule has 2 N–H and O–H groups in total. The Morgan fingerprint density at radius 1 is 1.35 bits per heavy atom. The van der Waals surface area contributed by atoms with Crippen molar-refractivity contribution in [2.24, 2.45) is 5.41 Å². The lowest BCUT2D eigenvalue weighted by Crippen LogP contribution is -2.51. The summed E-state index contributed by atoms with van der Waals surface area (Å²) in [4.78, 5) is 34.8. The van der Waals surface area contributed by atoms with Crippen molar-refractivity contribution in [3.05, 3.63) is 41.2 Å². The molecule has 10 heteroatoms. The minimum absolute atomic E-state index is 0.0260. The molecule has 3 aromatic rings. The molecule has 1 saturated heterocycles. The van der Waals surface area contributed by atoms with Gasteiger partial charge in [-0.05, 0) is 44.9 Å². The highest BCUT2D eigenvalue weighted by Crippen LogP contribution is 2.30. The minimum Gasteiger partial charge on any atom is -0.350 e. The summed E-state index contributed by atoms with van der Waals surface area (Å²) in [7, 11) is 0. The normalized spacial score (nSPS) is 19.0. The third-order valence-corrected chi connectivity index (χ3v) is 5.83. The van der Waals surface area contributed by atoms with E-state index in [1.54, 1.807) is 17.9 Å². The molecule has 9 nitrogen and oxygen atoms in total. The molecular weight excluding hydrogens is 403 g/mol. The molecule has 1 aliphatic rings. The van der Waals surface area contributed by atoms with Gasteiger partial charge in [-0.15, -0.1) is 0 Å². The van der Waals surface area contributed by atoms with Crippen molar-refractivity contribution < 1.29 is 18.6 Å². The highest BCUT2D eigenvalue weighted by atomic mass is 19.1. The van der Waals surface area contributed by atoms with Gasteiger partial charge in [0.05, 0.1) is 23.0 Å². The summed E-state index contributed by atoms with van der Waals surface area (Å²) in [5.74, 6) is 0.163. The molecule has 1 aromatic carbocycles. The zero-order valence-corrected chi connectivity index (χ0v) is 17.6. The van der Waals surface area contributed by atoms with Crippen LogP contribution in [0.2, 0.25) is 0 Å². The molecule has 4 rings (SSSR count). The molecule has 0 aliphatic carbocycles. The predicted molar refractivity (Wildman–Crippen MR) is 109 cm³/mol. The molecule has 1 atom stereocenters. The lowest BCUT2D eigenvalue weighted by atomic mass is 9.80. The summed E-state index contributed by atoms with van der Waals surface area (Å²) in [5.41, 5.74) is 1.84. The van der Waals surface area contributed by atoms with Gasteiger partial charge in [0, 0.05) is 25.9 Å². The zero-order valence-electron chi connectivity index (χ0n) is 17.6. The molecule has 2 aromatic heterocycles. The van der Waals surface area contributed by atoms with Crippen LogP contribution in [0.25, 0.3) is 11.0 Å². The number of amides is 2. The summed E-state index contributed by atoms with van der Waals surface area (Å²) < 4.78 is 18.0. The van der Waals surface area contributed by atoms with Crippen LogP contribution in [0.5, 0.6) is 0 Å². The number of halogens is 1. The number of rotatable bonds is 6. The van der Waals surface area contributed by atoms with Crippen LogP contribution in [0.1, 0.15) is 43.4 Å². The van der Waals surface area contributed by atoms with Gasteiger partial charge in [-0.25, -0.2) is 14.0 Å². The van der Waals surface area contributed by atoms with Gasteiger partial charge in [0.2, 0.25) is 11.8 Å². The van der Waals surface area contributed by atoms with Gasteiger partial charge in [-0.1, -0.05) is 10.3 Å². The Labute approximate surface area is 178 Å². The van der Waals surface area contributed by atoms with Gasteiger partial charge in [0.1, 0.15) is 23.0 Å². The number of benzene rings is 1. The van der Waals surface area contributed by atoms with Crippen molar-refractivity contribution in [2.45, 2.75) is 46.1 Å². The largest absolute Gasteiger partial charge is 0.350 e. The van der Waals surface area contributed by atoms with Gasteiger partial charge in [0.25, 0.3) is 0 Å². The molecule has 1 unspecified atom stereocenters. The highest BCUT2D eigenvalue weighted by Gasteiger charge is 2.39. The number of imidazole rings is 1. The number of nitrogens with zero attached hydrogens (tertiary/aromatic N) is 4. The van der Waals surface area contributed by atoms with Gasteiger partial charge in [-0.2, -0.15) is 0 Å². The number of likely N-dealkylation sites (tertiary alicyclic amines) is 1. The Hall–Kier alpha value is -3.30. The Morgan fingerprint density at radius 2 is 2.19 bits per heavy atom. The number of aromatic nitrogens is 4. The maximum Gasteiger partial charge on any atom is 0.228 e. The summed E-state index contributed by atoms with van der Waals surface area (Å²) in [6, 6.07) is 4.36. The molecule has 1 fully saturated rings. The van der Waals surface area contributed by atoms with Crippen LogP contribution in [0, 0.1) is 18.2 Å². The van der Waals surface area contributed by atoms with Gasteiger partial charge in [0.15, 0.2) is 0 Å². The minimum atomic E-state index is -0.671. The second-order valence-corrected chi connectivity index (χ2v) is 8.30. The van der Waals surface area contributed by atoms with Crippen molar-refractivity contribution in [3.8, 4) is 0 Å². The fourth-order valence-corrected chi connectivity index (χ4v) is 3.96. The van der Waals surface area contributed by atoms with Crippen LogP contribution < -0.4 is 5.32 Å². The Morgan fingerprint density at radius 3 is 2.97 bits per heavy atom. The molecule has 0 radical (unpaired) electrons. The molecule has 3 heterocycles. The lowest BCUT2D eigenvalue weighted by Gasteiger charge is -2.39. The fourth-order valence-electron chi connectivity index (χ4n) is 3.96. The van der Waals surface area contributed by atoms with E-state index in [-0.39, 0.29) is 30.6 Å². The van der Waals surface area contributed by atoms with Crippen molar-refractivity contribution in [2.75, 3.05) is 13.1 Å². The van der Waals surface area contributed by atoms with Crippen LogP contribution in [0.15, 0.2) is 22.8 Å². The number of carbonyl (C=O) groups is 2. The lowest BCUT2D eigenvalue weighted by molar-refractivity contribution is -0.140. The smallest absolute Gasteiger partial charge is 0.228 e. The van der Waals surface area contributed by atoms with E-state index < -0.39 is 5.41 Å². The van der Waals surface area contributed by atoms with Crippen LogP contribution in [0.4, 0.5) is 4.39 Å². The molecule has 0 bridgehead atoms. The van der Waals surface area contributed by atoms with Crippen molar-refractivity contribution in [3.63, 3.8) is 0 Å². The maximum absolute atomic E-state index is 13.3. The number of nitrogens with one attached hydrogen (secondary N) is 2. The Kier molecular flexibility index (Phi) is 5.71. The molecule has 0 saturated carbocycles. The summed E-state index contributed by atoms with van der Waals surface area (Å²) in [6.45, 7) is 4.87. The van der Waals surface area contributed by atoms with Crippen LogP contribution in [0.3, 0.4) is 0 Å². The maximum atomic E-state index is 13.3. The van der Waals surface area contributed by atoms with Gasteiger partial charge < -0.3 is 15.2 Å². The van der Waals surface area contributed by atoms with Crippen LogP contribution >= 0.6 is 0 Å². The number of aromatic amines is 1. The average molecular weight is 428 g/mol. The summed E-state index contributed by atoms with van der Waals surface area (Å²) >= 11 is 0. The van der Waals surface area contributed by atoms with E-state index >= 15 is 0 Å². The second kappa shape index (κ2) is 8.44. The number of hydrogen-bond donors (Lipinski definition) is 2.